The minimum absolute atomic E-state index is 0.0511. The van der Waals surface area contributed by atoms with Gasteiger partial charge < -0.3 is 10.2 Å². The molecule has 0 atom stereocenters. The van der Waals surface area contributed by atoms with E-state index < -0.39 is 0 Å². The van der Waals surface area contributed by atoms with Gasteiger partial charge in [0.15, 0.2) is 0 Å². The number of carbonyl (C=O) groups is 1. The van der Waals surface area contributed by atoms with Crippen LogP contribution in [0.2, 0.25) is 0 Å². The molecular formula is C16H21N3O. The summed E-state index contributed by atoms with van der Waals surface area (Å²) in [5.74, 6) is 0.629. The Balaban J connectivity index is 1.92. The Morgan fingerprint density at radius 3 is 2.70 bits per heavy atom. The highest BCUT2D eigenvalue weighted by molar-refractivity contribution is 5.72. The summed E-state index contributed by atoms with van der Waals surface area (Å²) in [6.07, 6.45) is 2.19. The number of benzene rings is 1. The number of hydrogen-bond acceptors (Lipinski definition) is 3. The molecule has 0 aromatic heterocycles. The molecule has 4 nitrogen and oxygen atoms in total. The van der Waals surface area contributed by atoms with Gasteiger partial charge in [-0.15, -0.1) is 0 Å². The van der Waals surface area contributed by atoms with Crippen molar-refractivity contribution in [1.29, 1.82) is 5.26 Å². The molecule has 1 aromatic rings. The van der Waals surface area contributed by atoms with Crippen molar-refractivity contribution in [3.63, 3.8) is 0 Å². The van der Waals surface area contributed by atoms with E-state index in [0.717, 1.165) is 43.6 Å². The van der Waals surface area contributed by atoms with E-state index in [1.807, 2.05) is 19.1 Å². The molecule has 1 fully saturated rings. The Hall–Kier alpha value is -2.02. The van der Waals surface area contributed by atoms with E-state index >= 15 is 0 Å². The van der Waals surface area contributed by atoms with Crippen molar-refractivity contribution >= 4 is 11.6 Å². The van der Waals surface area contributed by atoms with Crippen LogP contribution in [0.4, 0.5) is 5.69 Å². The summed E-state index contributed by atoms with van der Waals surface area (Å²) in [6, 6.07) is 8.22. The number of amides is 1. The van der Waals surface area contributed by atoms with E-state index in [-0.39, 0.29) is 5.91 Å². The van der Waals surface area contributed by atoms with Gasteiger partial charge in [-0.3, -0.25) is 4.79 Å². The minimum Gasteiger partial charge on any atom is -0.372 e. The molecule has 1 aliphatic heterocycles. The number of carbonyl (C=O) groups excluding carboxylic acids is 1. The quantitative estimate of drug-likeness (QED) is 0.917. The van der Waals surface area contributed by atoms with Crippen LogP contribution in [0.15, 0.2) is 18.2 Å². The molecule has 0 radical (unpaired) electrons. The molecule has 1 aliphatic rings. The highest BCUT2D eigenvalue weighted by atomic mass is 16.1. The predicted octanol–water partition coefficient (Wildman–Crippen LogP) is 2.22. The fourth-order valence-electron chi connectivity index (χ4n) is 2.65. The molecule has 2 rings (SSSR count). The lowest BCUT2D eigenvalue weighted by Crippen LogP contribution is -2.38. The molecule has 1 N–H and O–H groups in total. The van der Waals surface area contributed by atoms with E-state index in [1.165, 1.54) is 5.69 Å². The average Bonchev–Trinajstić information content (AvgIpc) is 2.45. The van der Waals surface area contributed by atoms with Crippen molar-refractivity contribution < 1.29 is 4.79 Å². The van der Waals surface area contributed by atoms with E-state index in [2.05, 4.69) is 22.4 Å². The minimum atomic E-state index is 0.0511. The Bertz CT molecular complexity index is 525. The van der Waals surface area contributed by atoms with E-state index in [4.69, 9.17) is 5.26 Å². The molecule has 4 heteroatoms. The molecule has 1 aromatic carbocycles. The van der Waals surface area contributed by atoms with Gasteiger partial charge in [-0.05, 0) is 49.4 Å². The third-order valence-corrected chi connectivity index (χ3v) is 3.95. The number of rotatable bonds is 3. The number of aryl methyl sites for hydroxylation is 1. The summed E-state index contributed by atoms with van der Waals surface area (Å²) < 4.78 is 0. The van der Waals surface area contributed by atoms with Gasteiger partial charge >= 0.3 is 0 Å². The molecule has 0 bridgehead atoms. The third kappa shape index (κ3) is 3.51. The fraction of sp³-hybridized carbons (Fsp3) is 0.500. The van der Waals surface area contributed by atoms with Crippen LogP contribution in [0, 0.1) is 24.2 Å². The van der Waals surface area contributed by atoms with Crippen LogP contribution >= 0.6 is 0 Å². The summed E-state index contributed by atoms with van der Waals surface area (Å²) in [7, 11) is 0. The van der Waals surface area contributed by atoms with E-state index in [1.54, 1.807) is 6.92 Å². The first kappa shape index (κ1) is 14.4. The largest absolute Gasteiger partial charge is 0.372 e. The lowest BCUT2D eigenvalue weighted by atomic mass is 9.96. The second kappa shape index (κ2) is 6.42. The monoisotopic (exact) mass is 271 g/mol. The molecule has 0 spiro atoms. The van der Waals surface area contributed by atoms with Gasteiger partial charge in [0.2, 0.25) is 5.91 Å². The Kier molecular flexibility index (Phi) is 4.62. The fourth-order valence-corrected chi connectivity index (χ4v) is 2.65. The van der Waals surface area contributed by atoms with Crippen LogP contribution < -0.4 is 10.2 Å². The number of hydrogen-bond donors (Lipinski definition) is 1. The van der Waals surface area contributed by atoms with Crippen LogP contribution in [0.1, 0.15) is 30.9 Å². The molecule has 106 valence electrons. The maximum absolute atomic E-state index is 10.9. The topological polar surface area (TPSA) is 56.1 Å². The van der Waals surface area contributed by atoms with Crippen LogP contribution in [0.25, 0.3) is 0 Å². The predicted molar refractivity (Wildman–Crippen MR) is 79.5 cm³/mol. The SMILES string of the molecule is CC(=O)NCC1CCN(c2ccc(C#N)c(C)c2)CC1. The van der Waals surface area contributed by atoms with Crippen molar-refractivity contribution in [1.82, 2.24) is 5.32 Å². The number of nitrogens with one attached hydrogen (secondary N) is 1. The molecule has 0 unspecified atom stereocenters. The summed E-state index contributed by atoms with van der Waals surface area (Å²) in [5, 5.41) is 11.9. The summed E-state index contributed by atoms with van der Waals surface area (Å²) in [4.78, 5) is 13.3. The first-order valence-corrected chi connectivity index (χ1v) is 7.10. The van der Waals surface area contributed by atoms with Crippen molar-refractivity contribution in [2.24, 2.45) is 5.92 Å². The van der Waals surface area contributed by atoms with E-state index in [0.29, 0.717) is 5.92 Å². The molecule has 0 saturated carbocycles. The lowest BCUT2D eigenvalue weighted by Gasteiger charge is -2.33. The van der Waals surface area contributed by atoms with Crippen molar-refractivity contribution in [3.8, 4) is 6.07 Å². The van der Waals surface area contributed by atoms with Gasteiger partial charge in [0.25, 0.3) is 0 Å². The van der Waals surface area contributed by atoms with Crippen LogP contribution in [-0.2, 0) is 4.79 Å². The van der Waals surface area contributed by atoms with Crippen LogP contribution in [0.3, 0.4) is 0 Å². The molecule has 1 saturated heterocycles. The number of piperidine rings is 1. The summed E-state index contributed by atoms with van der Waals surface area (Å²) in [5.41, 5.74) is 2.97. The average molecular weight is 271 g/mol. The molecule has 0 aliphatic carbocycles. The summed E-state index contributed by atoms with van der Waals surface area (Å²) >= 11 is 0. The van der Waals surface area contributed by atoms with Crippen LogP contribution in [-0.4, -0.2) is 25.5 Å². The number of anilines is 1. The zero-order chi connectivity index (χ0) is 14.5. The second-order valence-electron chi connectivity index (χ2n) is 5.48. The molecular weight excluding hydrogens is 250 g/mol. The van der Waals surface area contributed by atoms with Gasteiger partial charge in [-0.2, -0.15) is 5.26 Å². The zero-order valence-corrected chi connectivity index (χ0v) is 12.1. The number of nitriles is 1. The Labute approximate surface area is 120 Å². The van der Waals surface area contributed by atoms with Crippen LogP contribution in [0.5, 0.6) is 0 Å². The van der Waals surface area contributed by atoms with Gasteiger partial charge in [-0.25, -0.2) is 0 Å². The van der Waals surface area contributed by atoms with Gasteiger partial charge in [0, 0.05) is 32.2 Å². The summed E-state index contributed by atoms with van der Waals surface area (Å²) in [6.45, 7) is 6.35. The zero-order valence-electron chi connectivity index (χ0n) is 12.1. The van der Waals surface area contributed by atoms with Crippen molar-refractivity contribution in [2.45, 2.75) is 26.7 Å². The van der Waals surface area contributed by atoms with E-state index in [9.17, 15) is 4.79 Å². The molecule has 1 heterocycles. The van der Waals surface area contributed by atoms with Crippen molar-refractivity contribution in [3.05, 3.63) is 29.3 Å². The maximum Gasteiger partial charge on any atom is 0.216 e. The Morgan fingerprint density at radius 1 is 1.45 bits per heavy atom. The molecule has 20 heavy (non-hydrogen) atoms. The maximum atomic E-state index is 10.9. The first-order valence-electron chi connectivity index (χ1n) is 7.10. The number of nitrogens with zero attached hydrogens (tertiary/aromatic N) is 2. The lowest BCUT2D eigenvalue weighted by molar-refractivity contribution is -0.119. The first-order chi connectivity index (χ1) is 9.60. The normalized spacial score (nSPS) is 15.8. The second-order valence-corrected chi connectivity index (χ2v) is 5.48. The highest BCUT2D eigenvalue weighted by Crippen LogP contribution is 2.24. The van der Waals surface area contributed by atoms with Crippen molar-refractivity contribution in [2.75, 3.05) is 24.5 Å². The third-order valence-electron chi connectivity index (χ3n) is 3.95. The highest BCUT2D eigenvalue weighted by Gasteiger charge is 2.19. The standard InChI is InChI=1S/C16H21N3O/c1-12-9-16(4-3-15(12)10-17)19-7-5-14(6-8-19)11-18-13(2)20/h3-4,9,14H,5-8,11H2,1-2H3,(H,18,20). The van der Waals surface area contributed by atoms with Gasteiger partial charge in [0.1, 0.15) is 0 Å². The molecule has 1 amide bonds. The van der Waals surface area contributed by atoms with Gasteiger partial charge in [0.05, 0.1) is 11.6 Å². The Morgan fingerprint density at radius 2 is 2.15 bits per heavy atom. The smallest absolute Gasteiger partial charge is 0.216 e. The van der Waals surface area contributed by atoms with Gasteiger partial charge in [-0.1, -0.05) is 0 Å².